The maximum atomic E-state index is 13.5. The van der Waals surface area contributed by atoms with Crippen LogP contribution in [-0.2, 0) is 0 Å². The Morgan fingerprint density at radius 2 is 1.68 bits per heavy atom. The molecule has 0 fully saturated rings. The lowest BCUT2D eigenvalue weighted by molar-refractivity contribution is 0.103. The smallest absolute Gasteiger partial charge is 0.200 e. The molecule has 19 heavy (non-hydrogen) atoms. The number of hydrogen-bond acceptors (Lipinski definition) is 2. The summed E-state index contributed by atoms with van der Waals surface area (Å²) in [5, 5.41) is -0.101. The number of benzene rings is 2. The molecule has 0 atom stereocenters. The van der Waals surface area contributed by atoms with Crippen molar-refractivity contribution in [2.45, 2.75) is 0 Å². The van der Waals surface area contributed by atoms with Crippen LogP contribution in [0.5, 0.6) is 0 Å². The molecule has 2 aromatic rings. The van der Waals surface area contributed by atoms with Crippen LogP contribution in [0.3, 0.4) is 0 Å². The Kier molecular flexibility index (Phi) is 3.48. The molecule has 0 aliphatic carbocycles. The highest BCUT2D eigenvalue weighted by atomic mass is 35.5. The van der Waals surface area contributed by atoms with Gasteiger partial charge in [-0.25, -0.2) is 13.2 Å². The minimum absolute atomic E-state index is 0.101. The number of carbonyl (C=O) groups is 1. The topological polar surface area (TPSA) is 43.1 Å². The van der Waals surface area contributed by atoms with Gasteiger partial charge in [-0.15, -0.1) is 0 Å². The van der Waals surface area contributed by atoms with Crippen molar-refractivity contribution in [2.24, 2.45) is 0 Å². The zero-order valence-corrected chi connectivity index (χ0v) is 10.1. The first kappa shape index (κ1) is 13.4. The second kappa shape index (κ2) is 4.93. The number of halogens is 4. The lowest BCUT2D eigenvalue weighted by Gasteiger charge is -2.07. The average molecular weight is 286 g/mol. The summed E-state index contributed by atoms with van der Waals surface area (Å²) in [6.07, 6.45) is 0. The fourth-order valence-corrected chi connectivity index (χ4v) is 1.83. The molecule has 0 spiro atoms. The van der Waals surface area contributed by atoms with Crippen molar-refractivity contribution in [3.63, 3.8) is 0 Å². The fraction of sp³-hybridized carbons (Fsp3) is 0. The van der Waals surface area contributed by atoms with Crippen LogP contribution in [0.15, 0.2) is 30.3 Å². The van der Waals surface area contributed by atoms with Gasteiger partial charge in [-0.2, -0.15) is 0 Å². The zero-order chi connectivity index (χ0) is 14.2. The lowest BCUT2D eigenvalue weighted by atomic mass is 10.0. The van der Waals surface area contributed by atoms with E-state index in [2.05, 4.69) is 0 Å². The number of carbonyl (C=O) groups excluding carboxylic acids is 1. The largest absolute Gasteiger partial charge is 0.398 e. The van der Waals surface area contributed by atoms with Crippen LogP contribution >= 0.6 is 11.6 Å². The van der Waals surface area contributed by atoms with Gasteiger partial charge in [0.15, 0.2) is 0 Å². The molecule has 6 heteroatoms. The normalized spacial score (nSPS) is 10.5. The number of hydrogen-bond donors (Lipinski definition) is 1. The first-order valence-corrected chi connectivity index (χ1v) is 5.53. The van der Waals surface area contributed by atoms with Gasteiger partial charge in [0, 0.05) is 17.7 Å². The Hall–Kier alpha value is -2.01. The van der Waals surface area contributed by atoms with Crippen molar-refractivity contribution in [1.82, 2.24) is 0 Å². The molecule has 0 aromatic heterocycles. The lowest BCUT2D eigenvalue weighted by Crippen LogP contribution is -2.09. The first-order valence-electron chi connectivity index (χ1n) is 5.15. The second-order valence-corrected chi connectivity index (χ2v) is 4.16. The third kappa shape index (κ3) is 2.42. The van der Waals surface area contributed by atoms with E-state index in [4.69, 9.17) is 17.3 Å². The molecular weight excluding hydrogens is 279 g/mol. The van der Waals surface area contributed by atoms with Gasteiger partial charge < -0.3 is 5.73 Å². The van der Waals surface area contributed by atoms with Crippen LogP contribution in [-0.4, -0.2) is 5.78 Å². The second-order valence-electron chi connectivity index (χ2n) is 3.78. The zero-order valence-electron chi connectivity index (χ0n) is 9.38. The summed E-state index contributed by atoms with van der Waals surface area (Å²) in [4.78, 5) is 12.0. The van der Waals surface area contributed by atoms with Crippen LogP contribution in [0.2, 0.25) is 5.02 Å². The van der Waals surface area contributed by atoms with Gasteiger partial charge in [0.2, 0.25) is 5.78 Å². The minimum Gasteiger partial charge on any atom is -0.398 e. The van der Waals surface area contributed by atoms with E-state index in [0.717, 1.165) is 0 Å². The van der Waals surface area contributed by atoms with Gasteiger partial charge >= 0.3 is 0 Å². The molecule has 0 bridgehead atoms. The van der Waals surface area contributed by atoms with Crippen LogP contribution < -0.4 is 5.73 Å². The van der Waals surface area contributed by atoms with Crippen molar-refractivity contribution >= 4 is 23.1 Å². The fourth-order valence-electron chi connectivity index (χ4n) is 1.62. The van der Waals surface area contributed by atoms with E-state index >= 15 is 0 Å². The van der Waals surface area contributed by atoms with E-state index in [0.29, 0.717) is 12.1 Å². The Morgan fingerprint density at radius 3 is 2.26 bits per heavy atom. The number of rotatable bonds is 2. The molecule has 2 nitrogen and oxygen atoms in total. The summed E-state index contributed by atoms with van der Waals surface area (Å²) in [6.45, 7) is 0. The van der Waals surface area contributed by atoms with E-state index in [1.54, 1.807) is 0 Å². The molecule has 0 radical (unpaired) electrons. The van der Waals surface area contributed by atoms with Crippen LogP contribution in [0.4, 0.5) is 18.9 Å². The molecule has 0 amide bonds. The molecule has 0 heterocycles. The highest BCUT2D eigenvalue weighted by molar-refractivity contribution is 6.37. The Bertz CT molecular complexity index is 650. The number of nitrogens with two attached hydrogens (primary N) is 1. The molecule has 0 aliphatic rings. The summed E-state index contributed by atoms with van der Waals surface area (Å²) >= 11 is 5.81. The number of anilines is 1. The summed E-state index contributed by atoms with van der Waals surface area (Å²) in [5.74, 6) is -4.68. The maximum absolute atomic E-state index is 13.5. The quantitative estimate of drug-likeness (QED) is 0.677. The van der Waals surface area contributed by atoms with Crippen LogP contribution in [0, 0.1) is 17.5 Å². The number of nitrogen functional groups attached to an aromatic ring is 1. The summed E-state index contributed by atoms with van der Waals surface area (Å²) in [5.41, 5.74) is 4.60. The third-order valence-corrected chi connectivity index (χ3v) is 2.93. The summed E-state index contributed by atoms with van der Waals surface area (Å²) in [6, 6.07) is 5.00. The molecule has 2 rings (SSSR count). The van der Waals surface area contributed by atoms with Gasteiger partial charge in [0.25, 0.3) is 0 Å². The SMILES string of the molecule is Nc1cccc(C(=O)c2c(F)cc(F)cc2F)c1Cl. The Balaban J connectivity index is 2.60. The van der Waals surface area contributed by atoms with Crippen molar-refractivity contribution in [1.29, 1.82) is 0 Å². The summed E-state index contributed by atoms with van der Waals surface area (Å²) in [7, 11) is 0. The van der Waals surface area contributed by atoms with Crippen molar-refractivity contribution < 1.29 is 18.0 Å². The Morgan fingerprint density at radius 1 is 1.11 bits per heavy atom. The molecule has 2 N–H and O–H groups in total. The molecule has 0 saturated carbocycles. The van der Waals surface area contributed by atoms with E-state index in [9.17, 15) is 18.0 Å². The molecule has 0 saturated heterocycles. The van der Waals surface area contributed by atoms with E-state index in [-0.39, 0.29) is 16.3 Å². The maximum Gasteiger partial charge on any atom is 0.200 e. The van der Waals surface area contributed by atoms with Gasteiger partial charge in [0.1, 0.15) is 17.5 Å². The average Bonchev–Trinajstić information content (AvgIpc) is 2.31. The first-order chi connectivity index (χ1) is 8.91. The van der Waals surface area contributed by atoms with E-state index < -0.39 is 28.8 Å². The standard InChI is InChI=1S/C13H7ClF3NO/c14-12-7(2-1-3-10(12)18)13(19)11-8(16)4-6(15)5-9(11)17/h1-5H,18H2. The van der Waals surface area contributed by atoms with Crippen molar-refractivity contribution in [3.05, 3.63) is 63.9 Å². The van der Waals surface area contributed by atoms with Crippen LogP contribution in [0.1, 0.15) is 15.9 Å². The highest BCUT2D eigenvalue weighted by Gasteiger charge is 2.22. The molecule has 0 aliphatic heterocycles. The van der Waals surface area contributed by atoms with Gasteiger partial charge in [-0.05, 0) is 12.1 Å². The number of ketones is 1. The van der Waals surface area contributed by atoms with E-state index in [1.165, 1.54) is 18.2 Å². The molecule has 2 aromatic carbocycles. The highest BCUT2D eigenvalue weighted by Crippen LogP contribution is 2.27. The predicted octanol–water partition coefficient (Wildman–Crippen LogP) is 3.57. The summed E-state index contributed by atoms with van der Waals surface area (Å²) < 4.78 is 39.8. The monoisotopic (exact) mass is 285 g/mol. The van der Waals surface area contributed by atoms with E-state index in [1.807, 2.05) is 0 Å². The predicted molar refractivity (Wildman–Crippen MR) is 65.6 cm³/mol. The Labute approximate surface area is 111 Å². The minimum atomic E-state index is -1.29. The molecule has 0 unspecified atom stereocenters. The van der Waals surface area contributed by atoms with Gasteiger partial charge in [-0.1, -0.05) is 17.7 Å². The van der Waals surface area contributed by atoms with Crippen molar-refractivity contribution in [3.8, 4) is 0 Å². The van der Waals surface area contributed by atoms with Gasteiger partial charge in [0.05, 0.1) is 16.3 Å². The van der Waals surface area contributed by atoms with Crippen molar-refractivity contribution in [2.75, 3.05) is 5.73 Å². The third-order valence-electron chi connectivity index (χ3n) is 2.51. The van der Waals surface area contributed by atoms with Crippen LogP contribution in [0.25, 0.3) is 0 Å². The molecule has 98 valence electrons. The molecular formula is C13H7ClF3NO. The van der Waals surface area contributed by atoms with Gasteiger partial charge in [-0.3, -0.25) is 4.79 Å².